The van der Waals surface area contributed by atoms with E-state index in [-0.39, 0.29) is 0 Å². The van der Waals surface area contributed by atoms with Crippen LogP contribution in [0.2, 0.25) is 0 Å². The summed E-state index contributed by atoms with van der Waals surface area (Å²) in [4.78, 5) is 0. The van der Waals surface area contributed by atoms with Gasteiger partial charge < -0.3 is 10.5 Å². The van der Waals surface area contributed by atoms with Gasteiger partial charge in [-0.1, -0.05) is 0 Å². The predicted molar refractivity (Wildman–Crippen MR) is 55.5 cm³/mol. The van der Waals surface area contributed by atoms with Crippen LogP contribution < -0.4 is 5.73 Å². The Labute approximate surface area is 87.5 Å². The third kappa shape index (κ3) is 2.29. The molecule has 0 saturated carbocycles. The van der Waals surface area contributed by atoms with Crippen molar-refractivity contribution >= 4 is 11.3 Å². The summed E-state index contributed by atoms with van der Waals surface area (Å²) in [6.45, 7) is 2.35. The number of aromatic nitrogens is 2. The predicted octanol–water partition coefficient (Wildman–Crippen LogP) is 0.933. The molecule has 0 amide bonds. The van der Waals surface area contributed by atoms with E-state index in [1.165, 1.54) is 6.42 Å². The summed E-state index contributed by atoms with van der Waals surface area (Å²) >= 11 is 1.68. The van der Waals surface area contributed by atoms with E-state index in [0.717, 1.165) is 36.1 Å². The topological polar surface area (TPSA) is 61.0 Å². The monoisotopic (exact) mass is 213 g/mol. The normalized spacial score (nSPS) is 22.5. The van der Waals surface area contributed by atoms with Crippen molar-refractivity contribution in [1.29, 1.82) is 0 Å². The molecule has 2 N–H and O–H groups in total. The first-order valence-electron chi connectivity index (χ1n) is 5.00. The molecular formula is C9H15N3OS. The van der Waals surface area contributed by atoms with Gasteiger partial charge in [0.15, 0.2) is 0 Å². The van der Waals surface area contributed by atoms with Gasteiger partial charge in [-0.15, -0.1) is 21.5 Å². The van der Waals surface area contributed by atoms with Gasteiger partial charge in [-0.05, 0) is 19.4 Å². The number of nitrogens with zero attached hydrogens (tertiary/aromatic N) is 2. The van der Waals surface area contributed by atoms with Gasteiger partial charge in [-0.2, -0.15) is 0 Å². The van der Waals surface area contributed by atoms with Crippen molar-refractivity contribution in [1.82, 2.24) is 10.2 Å². The summed E-state index contributed by atoms with van der Waals surface area (Å²) in [7, 11) is 0. The molecule has 4 nitrogen and oxygen atoms in total. The molecule has 0 aromatic carbocycles. The van der Waals surface area contributed by atoms with Crippen molar-refractivity contribution in [2.45, 2.75) is 25.2 Å². The van der Waals surface area contributed by atoms with Crippen LogP contribution in [0.25, 0.3) is 0 Å². The van der Waals surface area contributed by atoms with Crippen LogP contribution in [0.15, 0.2) is 0 Å². The van der Waals surface area contributed by atoms with Crippen LogP contribution in [0.4, 0.5) is 0 Å². The van der Waals surface area contributed by atoms with E-state index < -0.39 is 0 Å². The summed E-state index contributed by atoms with van der Waals surface area (Å²) in [5, 5.41) is 10.5. The molecule has 1 aliphatic rings. The Morgan fingerprint density at radius 1 is 1.50 bits per heavy atom. The minimum Gasteiger partial charge on any atom is -0.381 e. The highest BCUT2D eigenvalue weighted by atomic mass is 32.1. The molecule has 0 bridgehead atoms. The Balaban J connectivity index is 2.00. The minimum absolute atomic E-state index is 0.466. The zero-order valence-corrected chi connectivity index (χ0v) is 8.92. The second-order valence-corrected chi connectivity index (χ2v) is 4.58. The Hall–Kier alpha value is -0.520. The van der Waals surface area contributed by atoms with Crippen molar-refractivity contribution < 1.29 is 4.74 Å². The lowest BCUT2D eigenvalue weighted by Crippen LogP contribution is -2.15. The van der Waals surface area contributed by atoms with E-state index in [4.69, 9.17) is 10.5 Å². The largest absolute Gasteiger partial charge is 0.381 e. The average Bonchev–Trinajstić information content (AvgIpc) is 2.68. The zero-order chi connectivity index (χ0) is 9.80. The Bertz CT molecular complexity index is 283. The molecule has 1 aliphatic heterocycles. The van der Waals surface area contributed by atoms with Crippen LogP contribution in [-0.4, -0.2) is 30.0 Å². The number of hydrogen-bond acceptors (Lipinski definition) is 5. The smallest absolute Gasteiger partial charge is 0.122 e. The van der Waals surface area contributed by atoms with Gasteiger partial charge in [0.2, 0.25) is 0 Å². The fraction of sp³-hybridized carbons (Fsp3) is 0.778. The van der Waals surface area contributed by atoms with Crippen molar-refractivity contribution in [3.63, 3.8) is 0 Å². The van der Waals surface area contributed by atoms with E-state index in [1.54, 1.807) is 11.3 Å². The first-order valence-corrected chi connectivity index (χ1v) is 5.82. The van der Waals surface area contributed by atoms with Gasteiger partial charge in [0, 0.05) is 18.9 Å². The van der Waals surface area contributed by atoms with E-state index in [1.807, 2.05) is 0 Å². The SMILES string of the molecule is NCCc1nnc(C2CCCOC2)s1. The van der Waals surface area contributed by atoms with Gasteiger partial charge in [0.1, 0.15) is 10.0 Å². The maximum Gasteiger partial charge on any atom is 0.122 e. The van der Waals surface area contributed by atoms with Gasteiger partial charge >= 0.3 is 0 Å². The van der Waals surface area contributed by atoms with Crippen LogP contribution in [0.1, 0.15) is 28.8 Å². The highest BCUT2D eigenvalue weighted by Crippen LogP contribution is 2.27. The molecule has 1 aromatic rings. The van der Waals surface area contributed by atoms with Gasteiger partial charge in [-0.25, -0.2) is 0 Å². The molecule has 0 radical (unpaired) electrons. The molecule has 5 heteroatoms. The number of ether oxygens (including phenoxy) is 1. The van der Waals surface area contributed by atoms with E-state index in [9.17, 15) is 0 Å². The van der Waals surface area contributed by atoms with Crippen LogP contribution in [0.3, 0.4) is 0 Å². The van der Waals surface area contributed by atoms with Crippen LogP contribution in [-0.2, 0) is 11.2 Å². The quantitative estimate of drug-likeness (QED) is 0.811. The summed E-state index contributed by atoms with van der Waals surface area (Å²) in [6, 6.07) is 0. The van der Waals surface area contributed by atoms with Crippen LogP contribution in [0, 0.1) is 0 Å². The summed E-state index contributed by atoms with van der Waals surface area (Å²) < 4.78 is 5.42. The molecule has 0 spiro atoms. The van der Waals surface area contributed by atoms with Gasteiger partial charge in [-0.3, -0.25) is 0 Å². The van der Waals surface area contributed by atoms with Crippen LogP contribution >= 0.6 is 11.3 Å². The Kier molecular flexibility index (Phi) is 3.44. The molecule has 1 atom stereocenters. The first-order chi connectivity index (χ1) is 6.90. The molecule has 1 saturated heterocycles. The van der Waals surface area contributed by atoms with Crippen LogP contribution in [0.5, 0.6) is 0 Å². The number of nitrogens with two attached hydrogens (primary N) is 1. The third-order valence-electron chi connectivity index (χ3n) is 2.35. The highest BCUT2D eigenvalue weighted by molar-refractivity contribution is 7.11. The minimum atomic E-state index is 0.466. The molecule has 0 aliphatic carbocycles. The maximum atomic E-state index is 5.46. The highest BCUT2D eigenvalue weighted by Gasteiger charge is 2.19. The second kappa shape index (κ2) is 4.82. The molecule has 1 fully saturated rings. The van der Waals surface area contributed by atoms with Crippen molar-refractivity contribution in [3.05, 3.63) is 10.0 Å². The summed E-state index contributed by atoms with van der Waals surface area (Å²) in [6.07, 6.45) is 3.15. The first kappa shape index (κ1) is 10.0. The van der Waals surface area contributed by atoms with Crippen molar-refractivity contribution in [2.24, 2.45) is 5.73 Å². The molecule has 14 heavy (non-hydrogen) atoms. The Morgan fingerprint density at radius 2 is 2.43 bits per heavy atom. The molecule has 1 unspecified atom stereocenters. The fourth-order valence-corrected chi connectivity index (χ4v) is 2.57. The molecular weight excluding hydrogens is 198 g/mol. The number of rotatable bonds is 3. The third-order valence-corrected chi connectivity index (χ3v) is 3.50. The zero-order valence-electron chi connectivity index (χ0n) is 8.11. The lowest BCUT2D eigenvalue weighted by Gasteiger charge is -2.19. The average molecular weight is 213 g/mol. The lowest BCUT2D eigenvalue weighted by atomic mass is 10.0. The second-order valence-electron chi connectivity index (χ2n) is 3.49. The van der Waals surface area contributed by atoms with Gasteiger partial charge in [0.25, 0.3) is 0 Å². The summed E-state index contributed by atoms with van der Waals surface area (Å²) in [5.74, 6) is 0.466. The molecule has 78 valence electrons. The van der Waals surface area contributed by atoms with E-state index in [2.05, 4.69) is 10.2 Å². The standard InChI is InChI=1S/C9H15N3OS/c10-4-3-8-11-12-9(14-8)7-2-1-5-13-6-7/h7H,1-6,10H2. The van der Waals surface area contributed by atoms with Crippen molar-refractivity contribution in [3.8, 4) is 0 Å². The Morgan fingerprint density at radius 3 is 3.14 bits per heavy atom. The maximum absolute atomic E-state index is 5.46. The molecule has 1 aromatic heterocycles. The van der Waals surface area contributed by atoms with Gasteiger partial charge in [0.05, 0.1) is 6.61 Å². The van der Waals surface area contributed by atoms with E-state index >= 15 is 0 Å². The fourth-order valence-electron chi connectivity index (χ4n) is 1.59. The van der Waals surface area contributed by atoms with E-state index in [0.29, 0.717) is 12.5 Å². The number of hydrogen-bond donors (Lipinski definition) is 1. The molecule has 2 heterocycles. The summed E-state index contributed by atoms with van der Waals surface area (Å²) in [5.41, 5.74) is 5.46. The van der Waals surface area contributed by atoms with Crippen molar-refractivity contribution in [2.75, 3.05) is 19.8 Å². The molecule has 2 rings (SSSR count). The lowest BCUT2D eigenvalue weighted by molar-refractivity contribution is 0.0802.